The maximum absolute atomic E-state index is 5.63. The van der Waals surface area contributed by atoms with Gasteiger partial charge in [0.25, 0.3) is 0 Å². The highest BCUT2D eigenvalue weighted by Crippen LogP contribution is 2.29. The molecule has 0 saturated heterocycles. The highest BCUT2D eigenvalue weighted by molar-refractivity contribution is 5.84. The molecule has 1 heterocycles. The Kier molecular flexibility index (Phi) is 4.45. The van der Waals surface area contributed by atoms with Crippen LogP contribution in [0.2, 0.25) is 0 Å². The lowest BCUT2D eigenvalue weighted by atomic mass is 10.1. The third-order valence-corrected chi connectivity index (χ3v) is 3.95. The van der Waals surface area contributed by atoms with Gasteiger partial charge in [0.15, 0.2) is 0 Å². The summed E-state index contributed by atoms with van der Waals surface area (Å²) < 4.78 is 0. The average molecular weight is 294 g/mol. The van der Waals surface area contributed by atoms with Gasteiger partial charge in [0.2, 0.25) is 0 Å². The molecule has 0 amide bonds. The molecule has 0 bridgehead atoms. The molecule has 2 N–H and O–H groups in total. The molecular formula is C19H22N2O. The minimum atomic E-state index is 0.201. The average Bonchev–Trinajstić information content (AvgIpc) is 2.51. The summed E-state index contributed by atoms with van der Waals surface area (Å²) in [4.78, 5) is 5.63. The van der Waals surface area contributed by atoms with E-state index in [-0.39, 0.29) is 6.10 Å². The zero-order chi connectivity index (χ0) is 15.4. The van der Waals surface area contributed by atoms with Gasteiger partial charge in [0, 0.05) is 6.54 Å². The molecule has 2 aromatic rings. The van der Waals surface area contributed by atoms with Crippen molar-refractivity contribution < 1.29 is 4.84 Å². The summed E-state index contributed by atoms with van der Waals surface area (Å²) in [5, 5.41) is 3.52. The van der Waals surface area contributed by atoms with E-state index in [0.29, 0.717) is 0 Å². The van der Waals surface area contributed by atoms with Crippen LogP contribution in [0.1, 0.15) is 30.0 Å². The lowest BCUT2D eigenvalue weighted by Crippen LogP contribution is -2.21. The van der Waals surface area contributed by atoms with Gasteiger partial charge in [-0.2, -0.15) is 0 Å². The van der Waals surface area contributed by atoms with E-state index >= 15 is 0 Å². The van der Waals surface area contributed by atoms with Crippen LogP contribution in [0.4, 0.5) is 11.4 Å². The topological polar surface area (TPSA) is 33.3 Å². The van der Waals surface area contributed by atoms with Gasteiger partial charge in [-0.1, -0.05) is 48.6 Å². The van der Waals surface area contributed by atoms with E-state index in [1.54, 1.807) is 0 Å². The Morgan fingerprint density at radius 2 is 1.82 bits per heavy atom. The van der Waals surface area contributed by atoms with E-state index in [1.165, 1.54) is 11.1 Å². The third kappa shape index (κ3) is 3.31. The molecule has 1 unspecified atom stereocenters. The summed E-state index contributed by atoms with van der Waals surface area (Å²) in [7, 11) is 0. The predicted octanol–water partition coefficient (Wildman–Crippen LogP) is 4.71. The Morgan fingerprint density at radius 1 is 1.05 bits per heavy atom. The number of hydrogen-bond acceptors (Lipinski definition) is 3. The lowest BCUT2D eigenvalue weighted by molar-refractivity contribution is 0.109. The molecule has 0 fully saturated rings. The molecule has 0 radical (unpaired) electrons. The largest absolute Gasteiger partial charge is 0.383 e. The van der Waals surface area contributed by atoms with Crippen molar-refractivity contribution in [1.82, 2.24) is 0 Å². The van der Waals surface area contributed by atoms with Crippen molar-refractivity contribution in [2.75, 3.05) is 17.3 Å². The number of para-hydroxylation sites is 1. The molecular weight excluding hydrogens is 272 g/mol. The van der Waals surface area contributed by atoms with Gasteiger partial charge in [0.05, 0.1) is 17.5 Å². The summed E-state index contributed by atoms with van der Waals surface area (Å²) >= 11 is 0. The van der Waals surface area contributed by atoms with Crippen LogP contribution in [0, 0.1) is 6.92 Å². The number of benzene rings is 2. The number of nitrogens with one attached hydrogen (secondary N) is 2. The quantitative estimate of drug-likeness (QED) is 0.787. The fourth-order valence-electron chi connectivity index (χ4n) is 2.57. The van der Waals surface area contributed by atoms with Crippen molar-refractivity contribution in [2.24, 2.45) is 0 Å². The number of fused-ring (bicyclic) bond motifs is 1. The minimum absolute atomic E-state index is 0.201. The molecule has 1 aliphatic heterocycles. The maximum atomic E-state index is 5.63. The second-order valence-corrected chi connectivity index (χ2v) is 5.71. The van der Waals surface area contributed by atoms with Gasteiger partial charge in [-0.25, -0.2) is 0 Å². The van der Waals surface area contributed by atoms with Gasteiger partial charge in [-0.15, -0.1) is 0 Å². The molecule has 3 heteroatoms. The molecule has 3 rings (SSSR count). The van der Waals surface area contributed by atoms with Gasteiger partial charge < -0.3 is 5.32 Å². The standard InChI is InChI=1S/C19H22N2O/c1-14-6-3-4-7-16(14)10-11-17-8-5-9-18-19(17)20-13-12-15(2)22-21-18/h3-11,15,20-21H,12-13H2,1-2H3/b11-10+. The zero-order valence-corrected chi connectivity index (χ0v) is 13.1. The van der Waals surface area contributed by atoms with Gasteiger partial charge in [-0.05, 0) is 43.0 Å². The Labute approximate surface area is 132 Å². The maximum Gasteiger partial charge on any atom is 0.0842 e. The van der Waals surface area contributed by atoms with Crippen LogP contribution in [0.15, 0.2) is 42.5 Å². The smallest absolute Gasteiger partial charge is 0.0842 e. The van der Waals surface area contributed by atoms with E-state index in [9.17, 15) is 0 Å². The van der Waals surface area contributed by atoms with Crippen molar-refractivity contribution in [3.05, 3.63) is 59.2 Å². The van der Waals surface area contributed by atoms with Crippen LogP contribution in [0.5, 0.6) is 0 Å². The van der Waals surface area contributed by atoms with E-state index < -0.39 is 0 Å². The molecule has 22 heavy (non-hydrogen) atoms. The molecule has 1 atom stereocenters. The first-order valence-electron chi connectivity index (χ1n) is 7.76. The summed E-state index contributed by atoms with van der Waals surface area (Å²) in [6.07, 6.45) is 5.49. The number of anilines is 2. The van der Waals surface area contributed by atoms with Crippen molar-refractivity contribution in [3.63, 3.8) is 0 Å². The SMILES string of the molecule is Cc1ccccc1/C=C/c1cccc2c1NCCC(C)ON2. The highest BCUT2D eigenvalue weighted by Gasteiger charge is 2.12. The van der Waals surface area contributed by atoms with Gasteiger partial charge in [-0.3, -0.25) is 10.3 Å². The van der Waals surface area contributed by atoms with E-state index in [0.717, 1.165) is 29.9 Å². The third-order valence-electron chi connectivity index (χ3n) is 3.95. The Balaban J connectivity index is 1.90. The Morgan fingerprint density at radius 3 is 2.68 bits per heavy atom. The molecule has 0 saturated carbocycles. The van der Waals surface area contributed by atoms with Crippen LogP contribution >= 0.6 is 0 Å². The first kappa shape index (κ1) is 14.7. The van der Waals surface area contributed by atoms with E-state index in [2.05, 4.69) is 67.1 Å². The molecule has 3 nitrogen and oxygen atoms in total. The van der Waals surface area contributed by atoms with Crippen LogP contribution in [0.25, 0.3) is 12.2 Å². The number of hydrogen-bond donors (Lipinski definition) is 2. The highest BCUT2D eigenvalue weighted by atomic mass is 16.7. The molecule has 114 valence electrons. The first-order chi connectivity index (χ1) is 10.7. The van der Waals surface area contributed by atoms with Crippen LogP contribution in [-0.4, -0.2) is 12.6 Å². The predicted molar refractivity (Wildman–Crippen MR) is 93.8 cm³/mol. The van der Waals surface area contributed by atoms with Gasteiger partial charge in [0.1, 0.15) is 0 Å². The van der Waals surface area contributed by atoms with Crippen molar-refractivity contribution >= 4 is 23.5 Å². The zero-order valence-electron chi connectivity index (χ0n) is 13.1. The minimum Gasteiger partial charge on any atom is -0.383 e. The summed E-state index contributed by atoms with van der Waals surface area (Å²) in [6.45, 7) is 5.11. The number of aryl methyl sites for hydroxylation is 1. The fraction of sp³-hybridized carbons (Fsp3) is 0.263. The molecule has 0 spiro atoms. The van der Waals surface area contributed by atoms with Crippen LogP contribution < -0.4 is 10.8 Å². The Hall–Kier alpha value is -2.26. The second kappa shape index (κ2) is 6.67. The van der Waals surface area contributed by atoms with Crippen LogP contribution in [0.3, 0.4) is 0 Å². The van der Waals surface area contributed by atoms with Crippen molar-refractivity contribution in [3.8, 4) is 0 Å². The van der Waals surface area contributed by atoms with Crippen LogP contribution in [-0.2, 0) is 4.84 Å². The van der Waals surface area contributed by atoms with Crippen molar-refractivity contribution in [1.29, 1.82) is 0 Å². The monoisotopic (exact) mass is 294 g/mol. The fourth-order valence-corrected chi connectivity index (χ4v) is 2.57. The van der Waals surface area contributed by atoms with Gasteiger partial charge >= 0.3 is 0 Å². The molecule has 2 aromatic carbocycles. The summed E-state index contributed by atoms with van der Waals surface area (Å²) in [5.41, 5.74) is 8.83. The summed E-state index contributed by atoms with van der Waals surface area (Å²) in [6, 6.07) is 14.6. The van der Waals surface area contributed by atoms with Crippen molar-refractivity contribution in [2.45, 2.75) is 26.4 Å². The molecule has 0 aliphatic carbocycles. The lowest BCUT2D eigenvalue weighted by Gasteiger charge is -2.22. The van der Waals surface area contributed by atoms with E-state index in [4.69, 9.17) is 4.84 Å². The second-order valence-electron chi connectivity index (χ2n) is 5.71. The summed E-state index contributed by atoms with van der Waals surface area (Å²) in [5.74, 6) is 0. The number of rotatable bonds is 2. The normalized spacial score (nSPS) is 18.0. The first-order valence-corrected chi connectivity index (χ1v) is 7.76. The Bertz CT molecular complexity index is 679. The molecule has 1 aliphatic rings. The molecule has 0 aromatic heterocycles. The van der Waals surface area contributed by atoms with E-state index in [1.807, 2.05) is 12.1 Å².